The van der Waals surface area contributed by atoms with Gasteiger partial charge in [-0.2, -0.15) is 0 Å². The topological polar surface area (TPSA) is 21.3 Å². The van der Waals surface area contributed by atoms with E-state index in [9.17, 15) is 0 Å². The Hall–Kier alpha value is -0.0800. The summed E-state index contributed by atoms with van der Waals surface area (Å²) in [7, 11) is 0. The van der Waals surface area contributed by atoms with Crippen molar-refractivity contribution in [3.63, 3.8) is 0 Å². The van der Waals surface area contributed by atoms with Gasteiger partial charge >= 0.3 is 0 Å². The van der Waals surface area contributed by atoms with Crippen LogP contribution < -0.4 is 5.32 Å². The predicted molar refractivity (Wildman–Crippen MR) is 65.1 cm³/mol. The molecule has 0 aromatic rings. The van der Waals surface area contributed by atoms with E-state index in [0.717, 1.165) is 19.1 Å². The smallest absolute Gasteiger partial charge is 0.0576 e. The van der Waals surface area contributed by atoms with Crippen molar-refractivity contribution in [1.29, 1.82) is 0 Å². The highest BCUT2D eigenvalue weighted by atomic mass is 16.5. The molecule has 1 saturated heterocycles. The summed E-state index contributed by atoms with van der Waals surface area (Å²) < 4.78 is 5.64. The summed E-state index contributed by atoms with van der Waals surface area (Å²) in [6.45, 7) is 8.90. The van der Waals surface area contributed by atoms with Crippen LogP contribution in [0.25, 0.3) is 0 Å². The number of nitrogens with one attached hydrogen (secondary N) is 1. The normalized spacial score (nSPS) is 25.4. The molecule has 0 aliphatic carbocycles. The molecule has 0 spiro atoms. The summed E-state index contributed by atoms with van der Waals surface area (Å²) in [6.07, 6.45) is 7.01. The van der Waals surface area contributed by atoms with Gasteiger partial charge in [0.25, 0.3) is 0 Å². The van der Waals surface area contributed by atoms with Gasteiger partial charge in [-0.25, -0.2) is 0 Å². The molecule has 3 unspecified atom stereocenters. The van der Waals surface area contributed by atoms with Crippen LogP contribution in [0.1, 0.15) is 52.9 Å². The van der Waals surface area contributed by atoms with Crippen molar-refractivity contribution >= 4 is 0 Å². The summed E-state index contributed by atoms with van der Waals surface area (Å²) in [5.41, 5.74) is 0. The molecule has 90 valence electrons. The van der Waals surface area contributed by atoms with Crippen molar-refractivity contribution in [2.24, 2.45) is 5.92 Å². The van der Waals surface area contributed by atoms with E-state index < -0.39 is 0 Å². The van der Waals surface area contributed by atoms with E-state index in [-0.39, 0.29) is 0 Å². The molecule has 15 heavy (non-hydrogen) atoms. The average molecular weight is 213 g/mol. The zero-order chi connectivity index (χ0) is 11.1. The predicted octanol–water partition coefficient (Wildman–Crippen LogP) is 2.97. The van der Waals surface area contributed by atoms with Gasteiger partial charge in [-0.05, 0) is 51.5 Å². The quantitative estimate of drug-likeness (QED) is 0.702. The van der Waals surface area contributed by atoms with Crippen LogP contribution in [0.15, 0.2) is 0 Å². The minimum atomic E-state index is 0.571. The summed E-state index contributed by atoms with van der Waals surface area (Å²) in [5.74, 6) is 0.822. The second kappa shape index (κ2) is 7.24. The molecule has 0 amide bonds. The largest absolute Gasteiger partial charge is 0.378 e. The van der Waals surface area contributed by atoms with Crippen LogP contribution >= 0.6 is 0 Å². The van der Waals surface area contributed by atoms with Crippen molar-refractivity contribution in [2.45, 2.75) is 65.0 Å². The van der Waals surface area contributed by atoms with Gasteiger partial charge in [0.2, 0.25) is 0 Å². The highest BCUT2D eigenvalue weighted by Crippen LogP contribution is 2.21. The summed E-state index contributed by atoms with van der Waals surface area (Å²) >= 11 is 0. The minimum Gasteiger partial charge on any atom is -0.378 e. The maximum atomic E-state index is 5.64. The Kier molecular flexibility index (Phi) is 6.26. The van der Waals surface area contributed by atoms with Crippen LogP contribution in [0.4, 0.5) is 0 Å². The molecule has 0 bridgehead atoms. The molecule has 1 heterocycles. The molecule has 0 aromatic carbocycles. The van der Waals surface area contributed by atoms with Gasteiger partial charge in [-0.3, -0.25) is 0 Å². The average Bonchev–Trinajstić information content (AvgIpc) is 2.67. The van der Waals surface area contributed by atoms with E-state index in [1.807, 2.05) is 0 Å². The molecule has 0 aromatic heterocycles. The second-order valence-corrected chi connectivity index (χ2v) is 5.01. The van der Waals surface area contributed by atoms with Crippen molar-refractivity contribution in [3.05, 3.63) is 0 Å². The SMILES string of the molecule is CCNC(C)CC(C)CCC1CCCO1. The number of hydrogen-bond donors (Lipinski definition) is 1. The lowest BCUT2D eigenvalue weighted by molar-refractivity contribution is 0.0979. The molecule has 2 heteroatoms. The minimum absolute atomic E-state index is 0.571. The van der Waals surface area contributed by atoms with E-state index in [1.54, 1.807) is 0 Å². The Labute approximate surface area is 94.8 Å². The van der Waals surface area contributed by atoms with Crippen molar-refractivity contribution in [2.75, 3.05) is 13.2 Å². The Bertz CT molecular complexity index is 155. The lowest BCUT2D eigenvalue weighted by Crippen LogP contribution is -2.27. The molecule has 1 aliphatic rings. The maximum Gasteiger partial charge on any atom is 0.0576 e. The molecular formula is C13H27NO. The van der Waals surface area contributed by atoms with E-state index >= 15 is 0 Å². The molecule has 0 radical (unpaired) electrons. The maximum absolute atomic E-state index is 5.64. The van der Waals surface area contributed by atoms with Crippen LogP contribution in [-0.2, 0) is 4.74 Å². The van der Waals surface area contributed by atoms with Crippen LogP contribution in [0, 0.1) is 5.92 Å². The van der Waals surface area contributed by atoms with Gasteiger partial charge in [-0.15, -0.1) is 0 Å². The van der Waals surface area contributed by atoms with Gasteiger partial charge in [0.1, 0.15) is 0 Å². The van der Waals surface area contributed by atoms with E-state index in [0.29, 0.717) is 12.1 Å². The Morgan fingerprint density at radius 3 is 2.80 bits per heavy atom. The van der Waals surface area contributed by atoms with Gasteiger partial charge in [0, 0.05) is 12.6 Å². The van der Waals surface area contributed by atoms with E-state index in [1.165, 1.54) is 32.1 Å². The Morgan fingerprint density at radius 1 is 1.40 bits per heavy atom. The number of rotatable bonds is 7. The zero-order valence-corrected chi connectivity index (χ0v) is 10.6. The summed E-state index contributed by atoms with van der Waals surface area (Å²) in [4.78, 5) is 0. The lowest BCUT2D eigenvalue weighted by Gasteiger charge is -2.19. The van der Waals surface area contributed by atoms with Gasteiger partial charge < -0.3 is 10.1 Å². The fourth-order valence-corrected chi connectivity index (χ4v) is 2.50. The first-order valence-electron chi connectivity index (χ1n) is 6.57. The van der Waals surface area contributed by atoms with Crippen LogP contribution in [0.5, 0.6) is 0 Å². The highest BCUT2D eigenvalue weighted by Gasteiger charge is 2.16. The fourth-order valence-electron chi connectivity index (χ4n) is 2.50. The van der Waals surface area contributed by atoms with E-state index in [4.69, 9.17) is 4.74 Å². The molecule has 1 N–H and O–H groups in total. The third kappa shape index (κ3) is 5.53. The third-order valence-corrected chi connectivity index (χ3v) is 3.31. The Morgan fingerprint density at radius 2 is 2.20 bits per heavy atom. The molecule has 0 saturated carbocycles. The lowest BCUT2D eigenvalue weighted by atomic mass is 9.95. The van der Waals surface area contributed by atoms with Crippen molar-refractivity contribution in [3.8, 4) is 0 Å². The molecule has 1 fully saturated rings. The summed E-state index contributed by atoms with van der Waals surface area (Å²) in [6, 6.07) is 0.662. The van der Waals surface area contributed by atoms with Crippen molar-refractivity contribution in [1.82, 2.24) is 5.32 Å². The third-order valence-electron chi connectivity index (χ3n) is 3.31. The van der Waals surface area contributed by atoms with Crippen LogP contribution in [0.2, 0.25) is 0 Å². The second-order valence-electron chi connectivity index (χ2n) is 5.01. The first kappa shape index (κ1) is 13.0. The van der Waals surface area contributed by atoms with Crippen LogP contribution in [-0.4, -0.2) is 25.3 Å². The molecule has 1 rings (SSSR count). The molecule has 2 nitrogen and oxygen atoms in total. The highest BCUT2D eigenvalue weighted by molar-refractivity contribution is 4.69. The van der Waals surface area contributed by atoms with E-state index in [2.05, 4.69) is 26.1 Å². The molecule has 3 atom stereocenters. The van der Waals surface area contributed by atoms with Gasteiger partial charge in [-0.1, -0.05) is 13.8 Å². The molecular weight excluding hydrogens is 186 g/mol. The van der Waals surface area contributed by atoms with Crippen molar-refractivity contribution < 1.29 is 4.74 Å². The zero-order valence-electron chi connectivity index (χ0n) is 10.6. The first-order chi connectivity index (χ1) is 7.22. The standard InChI is InChI=1S/C13H27NO/c1-4-14-12(3)10-11(2)7-8-13-6-5-9-15-13/h11-14H,4-10H2,1-3H3. The number of ether oxygens (including phenoxy) is 1. The number of hydrogen-bond acceptors (Lipinski definition) is 2. The van der Waals surface area contributed by atoms with Gasteiger partial charge in [0.05, 0.1) is 6.10 Å². The monoisotopic (exact) mass is 213 g/mol. The van der Waals surface area contributed by atoms with Crippen LogP contribution in [0.3, 0.4) is 0 Å². The Balaban J connectivity index is 2.04. The summed E-state index contributed by atoms with van der Waals surface area (Å²) in [5, 5.41) is 3.47. The fraction of sp³-hybridized carbons (Fsp3) is 1.00. The molecule has 1 aliphatic heterocycles. The van der Waals surface area contributed by atoms with Gasteiger partial charge in [0.15, 0.2) is 0 Å². The first-order valence-corrected chi connectivity index (χ1v) is 6.57.